The van der Waals surface area contributed by atoms with Crippen LogP contribution in [0.4, 0.5) is 53.1 Å². The van der Waals surface area contributed by atoms with Gasteiger partial charge >= 0.3 is 0 Å². The number of carbonyl (C=O) groups is 1. The normalized spacial score (nSPS) is 16.4. The van der Waals surface area contributed by atoms with E-state index >= 15 is 4.39 Å². The van der Waals surface area contributed by atoms with Gasteiger partial charge in [-0.1, -0.05) is 38.5 Å². The Kier molecular flexibility index (Phi) is 45.0. The predicted octanol–water partition coefficient (Wildman–Crippen LogP) is 20.6. The van der Waals surface area contributed by atoms with Crippen molar-refractivity contribution in [2.75, 3.05) is 110 Å². The highest BCUT2D eigenvalue weighted by Crippen LogP contribution is 2.41. The summed E-state index contributed by atoms with van der Waals surface area (Å²) in [4.78, 5) is 29.2. The fraction of sp³-hybridized carbons (Fsp3) is 0.382. The van der Waals surface area contributed by atoms with Gasteiger partial charge in [0.05, 0.1) is 76.1 Å². The summed E-state index contributed by atoms with van der Waals surface area (Å²) in [5, 5.41) is 25.6. The molecular formula is C89H106Br4ClF6N13O16S8. The molecule has 3 aliphatic rings. The monoisotopic (exact) mass is 2330 g/mol. The fourth-order valence-corrected chi connectivity index (χ4v) is 25.5. The molecule has 0 spiro atoms. The van der Waals surface area contributed by atoms with Crippen LogP contribution in [-0.4, -0.2) is 201 Å². The lowest BCUT2D eigenvalue weighted by Crippen LogP contribution is -2.46. The average Bonchev–Trinajstić information content (AvgIpc) is 1.71. The molecule has 4 heterocycles. The molecule has 748 valence electrons. The summed E-state index contributed by atoms with van der Waals surface area (Å²) < 4.78 is 219. The maximum Gasteiger partial charge on any atom is 0.290 e. The van der Waals surface area contributed by atoms with Gasteiger partial charge in [0.15, 0.2) is 25.2 Å². The molecule has 137 heavy (non-hydrogen) atoms. The second-order valence-electron chi connectivity index (χ2n) is 31.1. The van der Waals surface area contributed by atoms with E-state index in [1.54, 1.807) is 90.5 Å². The Labute approximate surface area is 849 Å². The average molecular weight is 2340 g/mol. The molecule has 0 amide bonds. The van der Waals surface area contributed by atoms with Crippen LogP contribution in [0.5, 0.6) is 34.5 Å². The zero-order chi connectivity index (χ0) is 101. The quantitative estimate of drug-likeness (QED) is 0.0121. The van der Waals surface area contributed by atoms with Crippen LogP contribution in [0.15, 0.2) is 187 Å². The number of sulfone groups is 1. The molecule has 6 N–H and O–H groups in total. The predicted molar refractivity (Wildman–Crippen MR) is 541 cm³/mol. The molecule has 29 nitrogen and oxygen atoms in total. The van der Waals surface area contributed by atoms with Crippen molar-refractivity contribution in [3.63, 3.8) is 0 Å². The number of benzene rings is 7. The summed E-state index contributed by atoms with van der Waals surface area (Å²) in [7, 11) is 9.85. The first kappa shape index (κ1) is 114. The minimum atomic E-state index is -4.41. The molecule has 3 saturated carbocycles. The van der Waals surface area contributed by atoms with E-state index in [1.165, 1.54) is 109 Å². The first-order valence-corrected chi connectivity index (χ1v) is 55.3. The molecule has 7 aromatic carbocycles. The highest BCUT2D eigenvalue weighted by Gasteiger charge is 2.37. The van der Waals surface area contributed by atoms with E-state index in [0.29, 0.717) is 102 Å². The number of hydrogen-bond donors (Lipinski definition) is 5. The summed E-state index contributed by atoms with van der Waals surface area (Å²) in [6.07, 6.45) is 20.1. The maximum absolute atomic E-state index is 15.6. The molecule has 4 aromatic heterocycles. The third-order valence-electron chi connectivity index (χ3n) is 21.7. The number of methoxy groups -OCH3 is 6. The van der Waals surface area contributed by atoms with Gasteiger partial charge in [0.25, 0.3) is 35.6 Å². The standard InChI is InChI=1S/C26H32BrFN4O4S2.C18H15BrF2N2O4S2.C18H23BrFN3O2S2.C12H14N2O2S.C8H18N2.C6H2BrClF2O2S.CH2O2/c1-31(2)23-8-6-5-7-21(23)30-22-15-20(28)25(14-19(22)27)38(33,34)32(26-29-11-12-37-26)16-17-9-10-18(35-3)13-24(17)36-4;1-26-12-4-3-11(16(7-12)27-2)10-23(18-22-5-6-28-18)29(24,25)17-8-13(19)14(20)9-15(17)21;1-23(2)16-6-4-3-5-14(16)22-15-10-13(20)17(9-12(15)19)27(24,25)11-18-21-7-8-26-18;1-15-10-4-3-9(11(7-10)16-2)8-14-12-13-5-6-17-12;1-10(2)8-6-4-3-5-7(8)9;7-3-1-6(13(8,11)12)5(10)2-4(3)9;2-1-3/h9-15,21,23,30H,5-8,16H2,1-4H3;3-9H,10H2,1-2H3;7-10,14,16,22H,3-6,11H2,1-2H3;3-7H,8H2,1-2H3,(H,13,14);7-8H,3-6,9H2,1-2H3;1-2H;1H,(H,2,3)/t21-,23-;;14-,16-;;7-,8-;;/m0.0.0../s1. The van der Waals surface area contributed by atoms with Crippen molar-refractivity contribution < 1.29 is 98.3 Å². The van der Waals surface area contributed by atoms with E-state index in [2.05, 4.69) is 142 Å². The van der Waals surface area contributed by atoms with Gasteiger partial charge in [0, 0.05) is 156 Å². The first-order valence-electron chi connectivity index (χ1n) is 41.8. The SMILES string of the molecule is CN(C)[C@H]1CCCC[C@@H]1N.CN(C)[C@H]1CCCC[C@@H]1Nc1cc(F)c(S(=O)(=O)Cc2nccs2)cc1Br.COc1ccc(CN(c2nccs2)S(=O)(=O)c2cc(Br)c(F)cc2F)c(OC)c1.COc1ccc(CN(c2nccs2)S(=O)(=O)c2cc(Br)c(N[C@H]3CCCC[C@@H]3N(C)C)cc2F)c(OC)c1.COc1ccc(CNc2nccs2)c(OC)c1.O=CO.O=S(=O)(Cl)c1cc(Br)c(F)cc1F. The third kappa shape index (κ3) is 32.4. The van der Waals surface area contributed by atoms with E-state index in [9.17, 15) is 55.6 Å². The Bertz CT molecular complexity index is 6220. The van der Waals surface area contributed by atoms with Crippen molar-refractivity contribution in [3.05, 3.63) is 224 Å². The largest absolute Gasteiger partial charge is 0.497 e. The van der Waals surface area contributed by atoms with Crippen LogP contribution in [0, 0.1) is 34.9 Å². The van der Waals surface area contributed by atoms with E-state index in [1.807, 2.05) is 37.7 Å². The molecule has 3 fully saturated rings. The lowest BCUT2D eigenvalue weighted by Gasteiger charge is -2.37. The minimum absolute atomic E-state index is 0.105. The summed E-state index contributed by atoms with van der Waals surface area (Å²) in [6, 6.07) is 25.7. The Morgan fingerprint density at radius 2 is 0.803 bits per heavy atom. The molecule has 3 aliphatic carbocycles. The number of nitrogens with one attached hydrogen (secondary N) is 3. The van der Waals surface area contributed by atoms with Crippen molar-refractivity contribution in [1.82, 2.24) is 34.6 Å². The van der Waals surface area contributed by atoms with E-state index in [-0.39, 0.29) is 61.5 Å². The first-order chi connectivity index (χ1) is 65.0. The number of ether oxygens (including phenoxy) is 6. The van der Waals surface area contributed by atoms with Crippen molar-refractivity contribution in [3.8, 4) is 34.5 Å². The number of likely N-dealkylation sites (N-methyl/N-ethyl adjacent to an activating group) is 3. The van der Waals surface area contributed by atoms with Crippen LogP contribution >= 0.6 is 120 Å². The number of anilines is 5. The number of rotatable bonds is 30. The van der Waals surface area contributed by atoms with E-state index in [0.717, 1.165) is 111 Å². The second kappa shape index (κ2) is 54.1. The van der Waals surface area contributed by atoms with Gasteiger partial charge in [-0.3, -0.25) is 4.79 Å². The summed E-state index contributed by atoms with van der Waals surface area (Å²) >= 11 is 17.6. The van der Waals surface area contributed by atoms with Crippen molar-refractivity contribution in [1.29, 1.82) is 0 Å². The van der Waals surface area contributed by atoms with Crippen LogP contribution in [-0.2, 0) is 69.1 Å². The third-order valence-corrected chi connectivity index (χ3v) is 34.2. The topological polar surface area (TPSA) is 359 Å². The smallest absolute Gasteiger partial charge is 0.290 e. The Morgan fingerprint density at radius 3 is 1.18 bits per heavy atom. The Balaban J connectivity index is 0.000000210. The Morgan fingerprint density at radius 1 is 0.445 bits per heavy atom. The van der Waals surface area contributed by atoms with Gasteiger partial charge in [-0.05, 0) is 217 Å². The number of halogens is 11. The number of hydrogen-bond acceptors (Lipinski definition) is 30. The molecule has 14 rings (SSSR count). The zero-order valence-electron chi connectivity index (χ0n) is 76.4. The second-order valence-corrected chi connectivity index (χ2v) is 46.3. The van der Waals surface area contributed by atoms with Gasteiger partial charge in [0.2, 0.25) is 0 Å². The molecule has 0 aliphatic heterocycles. The molecule has 0 bridgehead atoms. The Hall–Kier alpha value is -8.24. The molecule has 0 unspecified atom stereocenters. The summed E-state index contributed by atoms with van der Waals surface area (Å²) in [5.41, 5.74) is 9.21. The van der Waals surface area contributed by atoms with Gasteiger partial charge in [-0.2, -0.15) is 0 Å². The lowest BCUT2D eigenvalue weighted by molar-refractivity contribution is -0.122. The van der Waals surface area contributed by atoms with Gasteiger partial charge < -0.3 is 69.9 Å². The van der Waals surface area contributed by atoms with E-state index < -0.39 is 88.5 Å². The molecule has 0 saturated heterocycles. The zero-order valence-corrected chi connectivity index (χ0v) is 90.0. The lowest BCUT2D eigenvalue weighted by atomic mass is 9.89. The number of nitrogens with zero attached hydrogens (tertiary/aromatic N) is 9. The molecular weight excluding hydrogens is 2230 g/mol. The van der Waals surface area contributed by atoms with Crippen molar-refractivity contribution >= 4 is 192 Å². The van der Waals surface area contributed by atoms with Crippen LogP contribution in [0.2, 0.25) is 0 Å². The van der Waals surface area contributed by atoms with Crippen LogP contribution in [0.1, 0.15) is 98.7 Å². The van der Waals surface area contributed by atoms with Crippen LogP contribution in [0.3, 0.4) is 0 Å². The summed E-state index contributed by atoms with van der Waals surface area (Å²) in [6.45, 7) is 0.144. The van der Waals surface area contributed by atoms with Gasteiger partial charge in [0.1, 0.15) is 99.7 Å². The summed E-state index contributed by atoms with van der Waals surface area (Å²) in [5.74, 6) is -2.53. The highest BCUT2D eigenvalue weighted by molar-refractivity contribution is 9.11. The minimum Gasteiger partial charge on any atom is -0.497 e. The van der Waals surface area contributed by atoms with Gasteiger partial charge in [-0.15, -0.1) is 45.3 Å². The number of nitrogens with two attached hydrogens (primary N) is 1. The van der Waals surface area contributed by atoms with Gasteiger partial charge in [-0.25, -0.2) is 88.6 Å². The van der Waals surface area contributed by atoms with Crippen LogP contribution in [0.25, 0.3) is 0 Å². The fourth-order valence-electron chi connectivity index (χ4n) is 14.8. The number of sulfonamides is 2. The van der Waals surface area contributed by atoms with E-state index in [4.69, 9.17) is 54.7 Å². The molecule has 11 aromatic rings. The van der Waals surface area contributed by atoms with Crippen molar-refractivity contribution in [2.24, 2.45) is 5.73 Å². The molecule has 0 radical (unpaired) electrons. The maximum atomic E-state index is 15.6. The van der Waals surface area contributed by atoms with Crippen molar-refractivity contribution in [2.45, 2.75) is 158 Å². The molecule has 48 heteroatoms. The molecule has 6 atom stereocenters. The number of carboxylic acid groups (broad SMARTS) is 1. The number of aromatic nitrogens is 4. The van der Waals surface area contributed by atoms with Crippen LogP contribution < -0.4 is 58.7 Å². The highest BCUT2D eigenvalue weighted by atomic mass is 79.9. The number of thiazole rings is 4.